The van der Waals surface area contributed by atoms with E-state index in [1.54, 1.807) is 11.0 Å². The highest BCUT2D eigenvalue weighted by Crippen LogP contribution is 2.14. The van der Waals surface area contributed by atoms with Crippen molar-refractivity contribution < 1.29 is 14.4 Å². The number of pyridine rings is 1. The van der Waals surface area contributed by atoms with Crippen molar-refractivity contribution in [3.8, 4) is 0 Å². The third-order valence-corrected chi connectivity index (χ3v) is 3.73. The first kappa shape index (κ1) is 16.9. The van der Waals surface area contributed by atoms with Gasteiger partial charge in [0.2, 0.25) is 11.8 Å². The number of amides is 3. The molecule has 8 heteroatoms. The summed E-state index contributed by atoms with van der Waals surface area (Å²) in [6.07, 6.45) is 1.47. The molecule has 8 nitrogen and oxygen atoms in total. The van der Waals surface area contributed by atoms with E-state index in [0.717, 1.165) is 0 Å². The summed E-state index contributed by atoms with van der Waals surface area (Å²) in [7, 11) is 1.89. The van der Waals surface area contributed by atoms with Crippen LogP contribution in [0.4, 0.5) is 5.82 Å². The van der Waals surface area contributed by atoms with Gasteiger partial charge in [0, 0.05) is 44.9 Å². The molecule has 0 saturated carbocycles. The quantitative estimate of drug-likeness (QED) is 0.783. The Balaban J connectivity index is 2.18. The van der Waals surface area contributed by atoms with E-state index in [2.05, 4.69) is 10.3 Å². The van der Waals surface area contributed by atoms with Crippen LogP contribution in [0.25, 0.3) is 0 Å². The Morgan fingerprint density at radius 2 is 2.04 bits per heavy atom. The zero-order valence-electron chi connectivity index (χ0n) is 13.3. The van der Waals surface area contributed by atoms with Crippen molar-refractivity contribution in [1.82, 2.24) is 14.8 Å². The number of nitrogens with zero attached hydrogens (tertiary/aromatic N) is 3. The van der Waals surface area contributed by atoms with Crippen LogP contribution in [0.15, 0.2) is 18.3 Å². The van der Waals surface area contributed by atoms with E-state index in [1.165, 1.54) is 19.2 Å². The molecule has 3 N–H and O–H groups in total. The van der Waals surface area contributed by atoms with Crippen molar-refractivity contribution >= 4 is 23.5 Å². The third-order valence-electron chi connectivity index (χ3n) is 3.73. The van der Waals surface area contributed by atoms with Gasteiger partial charge in [-0.15, -0.1) is 0 Å². The molecule has 0 aliphatic carbocycles. The smallest absolute Gasteiger partial charge is 0.254 e. The Labute approximate surface area is 134 Å². The van der Waals surface area contributed by atoms with Crippen molar-refractivity contribution in [1.29, 1.82) is 0 Å². The maximum absolute atomic E-state index is 12.7. The van der Waals surface area contributed by atoms with Gasteiger partial charge in [-0.2, -0.15) is 0 Å². The van der Waals surface area contributed by atoms with Crippen LogP contribution in [-0.2, 0) is 9.59 Å². The minimum absolute atomic E-state index is 0.208. The lowest BCUT2D eigenvalue weighted by molar-refractivity contribution is -0.122. The van der Waals surface area contributed by atoms with Crippen LogP contribution in [0.3, 0.4) is 0 Å². The zero-order valence-corrected chi connectivity index (χ0v) is 13.3. The molecular formula is C15H21N5O3. The van der Waals surface area contributed by atoms with E-state index in [9.17, 15) is 14.4 Å². The van der Waals surface area contributed by atoms with E-state index in [4.69, 9.17) is 5.73 Å². The molecule has 3 amide bonds. The fourth-order valence-electron chi connectivity index (χ4n) is 2.53. The predicted molar refractivity (Wildman–Crippen MR) is 84.6 cm³/mol. The van der Waals surface area contributed by atoms with E-state index in [0.29, 0.717) is 31.0 Å². The minimum Gasteiger partial charge on any atom is -0.369 e. The number of nitrogens with one attached hydrogen (secondary N) is 1. The molecule has 2 heterocycles. The summed E-state index contributed by atoms with van der Waals surface area (Å²) in [5, 5.41) is 2.55. The average molecular weight is 319 g/mol. The summed E-state index contributed by atoms with van der Waals surface area (Å²) in [6.45, 7) is 3.37. The monoisotopic (exact) mass is 319 g/mol. The van der Waals surface area contributed by atoms with Crippen LogP contribution >= 0.6 is 0 Å². The van der Waals surface area contributed by atoms with Crippen LogP contribution in [0, 0.1) is 5.92 Å². The fraction of sp³-hybridized carbons (Fsp3) is 0.467. The first-order valence-electron chi connectivity index (χ1n) is 7.37. The van der Waals surface area contributed by atoms with Crippen molar-refractivity contribution in [2.45, 2.75) is 6.92 Å². The summed E-state index contributed by atoms with van der Waals surface area (Å²) < 4.78 is 0. The number of carbonyl (C=O) groups excluding carboxylic acids is 3. The van der Waals surface area contributed by atoms with Gasteiger partial charge in [-0.1, -0.05) is 0 Å². The minimum atomic E-state index is -0.412. The number of primary amides is 1. The number of aromatic nitrogens is 1. The molecule has 1 atom stereocenters. The summed E-state index contributed by atoms with van der Waals surface area (Å²) in [5.74, 6) is -0.956. The van der Waals surface area contributed by atoms with E-state index < -0.39 is 11.8 Å². The Morgan fingerprint density at radius 1 is 1.30 bits per heavy atom. The van der Waals surface area contributed by atoms with Crippen molar-refractivity contribution in [2.24, 2.45) is 11.7 Å². The molecule has 0 bridgehead atoms. The Hall–Kier alpha value is -2.48. The molecule has 0 aromatic carbocycles. The third kappa shape index (κ3) is 4.49. The summed E-state index contributed by atoms with van der Waals surface area (Å²) >= 11 is 0. The summed E-state index contributed by atoms with van der Waals surface area (Å²) in [4.78, 5) is 42.9. The molecule has 2 rings (SSSR count). The van der Waals surface area contributed by atoms with Crippen LogP contribution in [0.1, 0.15) is 17.3 Å². The molecular weight excluding hydrogens is 298 g/mol. The molecule has 1 aromatic rings. The van der Waals surface area contributed by atoms with E-state index in [-0.39, 0.29) is 18.4 Å². The number of hydrogen-bond donors (Lipinski definition) is 2. The standard InChI is InChI=1S/C15H21N5O3/c1-10(21)18-13-7-11(3-4-17-13)15(23)20-6-5-19(2)8-12(9-20)14(16)22/h3-4,7,12H,5-6,8-9H2,1-2H3,(H2,16,22)(H,17,18,21)/t12-/m1/s1. The zero-order chi connectivity index (χ0) is 17.0. The number of anilines is 1. The van der Waals surface area contributed by atoms with Gasteiger partial charge in [-0.3, -0.25) is 14.4 Å². The molecule has 0 radical (unpaired) electrons. The molecule has 1 fully saturated rings. The number of rotatable bonds is 3. The van der Waals surface area contributed by atoms with E-state index >= 15 is 0 Å². The Kier molecular flexibility index (Phi) is 5.28. The van der Waals surface area contributed by atoms with Gasteiger partial charge >= 0.3 is 0 Å². The maximum Gasteiger partial charge on any atom is 0.254 e. The molecule has 23 heavy (non-hydrogen) atoms. The number of hydrogen-bond acceptors (Lipinski definition) is 5. The Bertz CT molecular complexity index is 619. The van der Waals surface area contributed by atoms with Gasteiger partial charge in [-0.05, 0) is 19.2 Å². The van der Waals surface area contributed by atoms with Gasteiger partial charge in [0.15, 0.2) is 0 Å². The van der Waals surface area contributed by atoms with E-state index in [1.807, 2.05) is 11.9 Å². The SMILES string of the molecule is CC(=O)Nc1cc(C(=O)N2CCN(C)C[C@@H](C(N)=O)C2)ccn1. The number of carbonyl (C=O) groups is 3. The second-order valence-corrected chi connectivity index (χ2v) is 5.72. The topological polar surface area (TPSA) is 109 Å². The lowest BCUT2D eigenvalue weighted by Gasteiger charge is -2.22. The molecule has 1 aromatic heterocycles. The number of nitrogens with two attached hydrogens (primary N) is 1. The highest BCUT2D eigenvalue weighted by atomic mass is 16.2. The van der Waals surface area contributed by atoms with Gasteiger partial charge in [0.1, 0.15) is 5.82 Å². The molecule has 1 aliphatic heterocycles. The van der Waals surface area contributed by atoms with Gasteiger partial charge in [0.05, 0.1) is 5.92 Å². The normalized spacial score (nSPS) is 19.0. The summed E-state index contributed by atoms with van der Waals surface area (Å²) in [5.41, 5.74) is 5.83. The predicted octanol–water partition coefficient (Wildman–Crippen LogP) is -0.471. The van der Waals surface area contributed by atoms with Crippen molar-refractivity contribution in [2.75, 3.05) is 38.5 Å². The second-order valence-electron chi connectivity index (χ2n) is 5.72. The average Bonchev–Trinajstić information content (AvgIpc) is 2.68. The molecule has 0 unspecified atom stereocenters. The van der Waals surface area contributed by atoms with Crippen LogP contribution in [0.5, 0.6) is 0 Å². The first-order valence-corrected chi connectivity index (χ1v) is 7.37. The lowest BCUT2D eigenvalue weighted by Crippen LogP contribution is -2.40. The molecule has 1 aliphatic rings. The van der Waals surface area contributed by atoms with Crippen LogP contribution in [-0.4, -0.2) is 65.7 Å². The van der Waals surface area contributed by atoms with Gasteiger partial charge < -0.3 is 20.9 Å². The van der Waals surface area contributed by atoms with Gasteiger partial charge in [0.25, 0.3) is 5.91 Å². The second kappa shape index (κ2) is 7.19. The number of likely N-dealkylation sites (N-methyl/N-ethyl adjacent to an activating group) is 1. The van der Waals surface area contributed by atoms with Crippen LogP contribution in [0.2, 0.25) is 0 Å². The molecule has 1 saturated heterocycles. The highest BCUT2D eigenvalue weighted by Gasteiger charge is 2.28. The van der Waals surface area contributed by atoms with Crippen molar-refractivity contribution in [3.05, 3.63) is 23.9 Å². The molecule has 124 valence electrons. The van der Waals surface area contributed by atoms with Gasteiger partial charge in [-0.25, -0.2) is 4.98 Å². The lowest BCUT2D eigenvalue weighted by atomic mass is 10.1. The highest BCUT2D eigenvalue weighted by molar-refractivity contribution is 5.96. The maximum atomic E-state index is 12.7. The first-order chi connectivity index (χ1) is 10.9. The molecule has 0 spiro atoms. The van der Waals surface area contributed by atoms with Crippen LogP contribution < -0.4 is 11.1 Å². The fourth-order valence-corrected chi connectivity index (χ4v) is 2.53. The largest absolute Gasteiger partial charge is 0.369 e. The summed E-state index contributed by atoms with van der Waals surface area (Å²) in [6, 6.07) is 3.11. The van der Waals surface area contributed by atoms with Crippen molar-refractivity contribution in [3.63, 3.8) is 0 Å². The Morgan fingerprint density at radius 3 is 2.70 bits per heavy atom.